The normalized spacial score (nSPS) is 26.8. The lowest BCUT2D eigenvalue weighted by atomic mass is 10.2. The SMILES string of the molecule is CCN(CC)C(=O)C(C)OC1CCCC1N. The van der Waals surface area contributed by atoms with Gasteiger partial charge in [0, 0.05) is 19.1 Å². The first-order valence-corrected chi connectivity index (χ1v) is 6.29. The van der Waals surface area contributed by atoms with Crippen LogP contribution in [0.15, 0.2) is 0 Å². The zero-order valence-corrected chi connectivity index (χ0v) is 10.6. The Morgan fingerprint density at radius 3 is 2.50 bits per heavy atom. The van der Waals surface area contributed by atoms with Crippen molar-refractivity contribution >= 4 is 5.91 Å². The molecule has 1 saturated carbocycles. The van der Waals surface area contributed by atoms with Gasteiger partial charge in [0.15, 0.2) is 0 Å². The summed E-state index contributed by atoms with van der Waals surface area (Å²) in [5, 5.41) is 0. The number of nitrogens with zero attached hydrogens (tertiary/aromatic N) is 1. The van der Waals surface area contributed by atoms with E-state index in [9.17, 15) is 4.79 Å². The molecule has 0 heterocycles. The van der Waals surface area contributed by atoms with Gasteiger partial charge in [-0.2, -0.15) is 0 Å². The van der Waals surface area contributed by atoms with Crippen LogP contribution >= 0.6 is 0 Å². The van der Waals surface area contributed by atoms with Crippen molar-refractivity contribution in [2.45, 2.75) is 58.3 Å². The molecule has 1 aliphatic rings. The van der Waals surface area contributed by atoms with Crippen molar-refractivity contribution in [1.82, 2.24) is 4.90 Å². The van der Waals surface area contributed by atoms with Gasteiger partial charge in [-0.05, 0) is 40.0 Å². The Bertz CT molecular complexity index is 229. The van der Waals surface area contributed by atoms with Gasteiger partial charge in [-0.3, -0.25) is 4.79 Å². The lowest BCUT2D eigenvalue weighted by molar-refractivity contribution is -0.146. The second-order valence-electron chi connectivity index (χ2n) is 4.42. The fraction of sp³-hybridized carbons (Fsp3) is 0.917. The Labute approximate surface area is 98.1 Å². The first-order valence-electron chi connectivity index (χ1n) is 6.29. The Morgan fingerprint density at radius 1 is 1.44 bits per heavy atom. The average molecular weight is 228 g/mol. The highest BCUT2D eigenvalue weighted by Gasteiger charge is 2.29. The van der Waals surface area contributed by atoms with Crippen LogP contribution in [0.3, 0.4) is 0 Å². The highest BCUT2D eigenvalue weighted by molar-refractivity contribution is 5.80. The molecule has 16 heavy (non-hydrogen) atoms. The van der Waals surface area contributed by atoms with Crippen LogP contribution in [0.2, 0.25) is 0 Å². The summed E-state index contributed by atoms with van der Waals surface area (Å²) in [5.74, 6) is 0.0732. The maximum absolute atomic E-state index is 12.0. The monoisotopic (exact) mass is 228 g/mol. The number of hydrogen-bond donors (Lipinski definition) is 1. The molecule has 0 aromatic rings. The zero-order valence-electron chi connectivity index (χ0n) is 10.6. The average Bonchev–Trinajstić information content (AvgIpc) is 2.66. The molecule has 4 nitrogen and oxygen atoms in total. The van der Waals surface area contributed by atoms with Crippen molar-refractivity contribution in [2.75, 3.05) is 13.1 Å². The molecule has 1 amide bonds. The number of rotatable bonds is 5. The van der Waals surface area contributed by atoms with E-state index in [2.05, 4.69) is 0 Å². The third-order valence-electron chi connectivity index (χ3n) is 3.31. The van der Waals surface area contributed by atoms with E-state index in [4.69, 9.17) is 10.5 Å². The molecular weight excluding hydrogens is 204 g/mol. The maximum atomic E-state index is 12.0. The van der Waals surface area contributed by atoms with Crippen molar-refractivity contribution in [1.29, 1.82) is 0 Å². The highest BCUT2D eigenvalue weighted by Crippen LogP contribution is 2.21. The van der Waals surface area contributed by atoms with E-state index < -0.39 is 0 Å². The van der Waals surface area contributed by atoms with Crippen molar-refractivity contribution < 1.29 is 9.53 Å². The van der Waals surface area contributed by atoms with E-state index in [0.29, 0.717) is 0 Å². The zero-order chi connectivity index (χ0) is 12.1. The molecule has 0 radical (unpaired) electrons. The minimum Gasteiger partial charge on any atom is -0.364 e. The fourth-order valence-electron chi connectivity index (χ4n) is 2.24. The van der Waals surface area contributed by atoms with E-state index in [-0.39, 0.29) is 24.2 Å². The summed E-state index contributed by atoms with van der Waals surface area (Å²) in [6.45, 7) is 7.26. The molecule has 0 aromatic heterocycles. The van der Waals surface area contributed by atoms with Crippen LogP contribution in [-0.2, 0) is 9.53 Å². The quantitative estimate of drug-likeness (QED) is 0.767. The lowest BCUT2D eigenvalue weighted by Crippen LogP contribution is -2.42. The van der Waals surface area contributed by atoms with Crippen LogP contribution in [0.4, 0.5) is 0 Å². The number of carbonyl (C=O) groups excluding carboxylic acids is 1. The lowest BCUT2D eigenvalue weighted by Gasteiger charge is -2.26. The van der Waals surface area contributed by atoms with E-state index >= 15 is 0 Å². The third-order valence-corrected chi connectivity index (χ3v) is 3.31. The minimum atomic E-state index is -0.367. The van der Waals surface area contributed by atoms with Gasteiger partial charge in [0.1, 0.15) is 6.10 Å². The summed E-state index contributed by atoms with van der Waals surface area (Å²) in [7, 11) is 0. The highest BCUT2D eigenvalue weighted by atomic mass is 16.5. The van der Waals surface area contributed by atoms with Gasteiger partial charge in [0.05, 0.1) is 6.10 Å². The minimum absolute atomic E-state index is 0.0644. The molecular formula is C12H24N2O2. The molecule has 2 N–H and O–H groups in total. The first kappa shape index (κ1) is 13.5. The maximum Gasteiger partial charge on any atom is 0.251 e. The van der Waals surface area contributed by atoms with Crippen LogP contribution in [-0.4, -0.2) is 42.1 Å². The van der Waals surface area contributed by atoms with Crippen LogP contribution in [0, 0.1) is 0 Å². The molecule has 1 rings (SSSR count). The third kappa shape index (κ3) is 3.19. The molecule has 94 valence electrons. The number of carbonyl (C=O) groups is 1. The number of nitrogens with two attached hydrogens (primary N) is 1. The smallest absolute Gasteiger partial charge is 0.251 e. The van der Waals surface area contributed by atoms with E-state index in [1.165, 1.54) is 0 Å². The molecule has 1 aliphatic carbocycles. The van der Waals surface area contributed by atoms with Gasteiger partial charge < -0.3 is 15.4 Å². The predicted molar refractivity (Wildman–Crippen MR) is 64.1 cm³/mol. The summed E-state index contributed by atoms with van der Waals surface area (Å²) in [5.41, 5.74) is 5.92. The topological polar surface area (TPSA) is 55.6 Å². The molecule has 4 heteroatoms. The van der Waals surface area contributed by atoms with Crippen molar-refractivity contribution in [3.63, 3.8) is 0 Å². The number of amides is 1. The van der Waals surface area contributed by atoms with E-state index in [0.717, 1.165) is 32.4 Å². The fourth-order valence-corrected chi connectivity index (χ4v) is 2.24. The van der Waals surface area contributed by atoms with Gasteiger partial charge >= 0.3 is 0 Å². The first-order chi connectivity index (χ1) is 7.60. The standard InChI is InChI=1S/C12H24N2O2/c1-4-14(5-2)12(15)9(3)16-11-8-6-7-10(11)13/h9-11H,4-8,13H2,1-3H3. The Balaban J connectivity index is 2.44. The van der Waals surface area contributed by atoms with Crippen molar-refractivity contribution in [3.05, 3.63) is 0 Å². The molecule has 0 spiro atoms. The summed E-state index contributed by atoms with van der Waals surface area (Å²) >= 11 is 0. The van der Waals surface area contributed by atoms with Gasteiger partial charge in [-0.15, -0.1) is 0 Å². The Hall–Kier alpha value is -0.610. The number of hydrogen-bond acceptors (Lipinski definition) is 3. The second kappa shape index (κ2) is 6.21. The van der Waals surface area contributed by atoms with Crippen molar-refractivity contribution in [3.8, 4) is 0 Å². The predicted octanol–water partition coefficient (Wildman–Crippen LogP) is 1.14. The Kier molecular flexibility index (Phi) is 5.22. The summed E-state index contributed by atoms with van der Waals surface area (Å²) in [6.07, 6.45) is 2.80. The van der Waals surface area contributed by atoms with Crippen LogP contribution in [0.5, 0.6) is 0 Å². The molecule has 0 aromatic carbocycles. The van der Waals surface area contributed by atoms with Crippen molar-refractivity contribution in [2.24, 2.45) is 5.73 Å². The van der Waals surface area contributed by atoms with Gasteiger partial charge in [0.25, 0.3) is 5.91 Å². The largest absolute Gasteiger partial charge is 0.364 e. The molecule has 3 unspecified atom stereocenters. The van der Waals surface area contributed by atoms with E-state index in [1.54, 1.807) is 4.90 Å². The molecule has 3 atom stereocenters. The van der Waals surface area contributed by atoms with Gasteiger partial charge in [-0.25, -0.2) is 0 Å². The van der Waals surface area contributed by atoms with Crippen LogP contribution in [0.25, 0.3) is 0 Å². The van der Waals surface area contributed by atoms with Crippen LogP contribution < -0.4 is 5.73 Å². The molecule has 0 saturated heterocycles. The van der Waals surface area contributed by atoms with Gasteiger partial charge in [0.2, 0.25) is 0 Å². The summed E-state index contributed by atoms with van der Waals surface area (Å²) in [6, 6.07) is 0.104. The molecule has 0 bridgehead atoms. The number of ether oxygens (including phenoxy) is 1. The summed E-state index contributed by atoms with van der Waals surface area (Å²) < 4.78 is 5.75. The van der Waals surface area contributed by atoms with Crippen LogP contribution in [0.1, 0.15) is 40.0 Å². The van der Waals surface area contributed by atoms with E-state index in [1.807, 2.05) is 20.8 Å². The molecule has 1 fully saturated rings. The summed E-state index contributed by atoms with van der Waals surface area (Å²) in [4.78, 5) is 13.8. The second-order valence-corrected chi connectivity index (χ2v) is 4.42. The Morgan fingerprint density at radius 2 is 2.06 bits per heavy atom. The van der Waals surface area contributed by atoms with Gasteiger partial charge in [-0.1, -0.05) is 0 Å². The number of likely N-dealkylation sites (N-methyl/N-ethyl adjacent to an activating group) is 1. The molecule has 0 aliphatic heterocycles.